The average molecular weight is 284 g/mol. The van der Waals surface area contributed by atoms with E-state index in [4.69, 9.17) is 4.42 Å². The van der Waals surface area contributed by atoms with Crippen LogP contribution in [0.2, 0.25) is 0 Å². The molecule has 21 heavy (non-hydrogen) atoms. The smallest absolute Gasteiger partial charge is 0.343 e. The zero-order valence-corrected chi connectivity index (χ0v) is 13.0. The van der Waals surface area contributed by atoms with Gasteiger partial charge in [0.25, 0.3) is 0 Å². The Morgan fingerprint density at radius 2 is 1.62 bits per heavy atom. The van der Waals surface area contributed by atoms with Crippen LogP contribution in [0.4, 0.5) is 0 Å². The van der Waals surface area contributed by atoms with Gasteiger partial charge in [0.15, 0.2) is 0 Å². The molecule has 0 N–H and O–H groups in total. The molecule has 112 valence electrons. The minimum Gasteiger partial charge on any atom is -0.427 e. The van der Waals surface area contributed by atoms with Crippen LogP contribution in [0.5, 0.6) is 0 Å². The summed E-state index contributed by atoms with van der Waals surface area (Å²) >= 11 is 0. The number of aryl methyl sites for hydroxylation is 2. The molecular weight excluding hydrogens is 260 g/mol. The molecule has 0 unspecified atom stereocenters. The van der Waals surface area contributed by atoms with Gasteiger partial charge in [0, 0.05) is 6.42 Å². The lowest BCUT2D eigenvalue weighted by Gasteiger charge is -2.10. The Bertz CT molecular complexity index is 611. The molecule has 0 aliphatic heterocycles. The monoisotopic (exact) mass is 284 g/mol. The van der Waals surface area contributed by atoms with Gasteiger partial charge in [0.05, 0.1) is 5.56 Å². The fourth-order valence-electron chi connectivity index (χ4n) is 2.49. The number of benzene rings is 1. The average Bonchev–Trinajstić information content (AvgIpc) is 2.52. The number of hydrogen-bond donors (Lipinski definition) is 0. The van der Waals surface area contributed by atoms with Crippen molar-refractivity contribution < 1.29 is 4.42 Å². The molecule has 2 aromatic rings. The largest absolute Gasteiger partial charge is 0.427 e. The van der Waals surface area contributed by atoms with Crippen LogP contribution in [0.3, 0.4) is 0 Å². The Balaban J connectivity index is 2.41. The Hall–Kier alpha value is -1.83. The van der Waals surface area contributed by atoms with E-state index in [0.717, 1.165) is 49.8 Å². The first-order valence-electron chi connectivity index (χ1n) is 7.97. The highest BCUT2D eigenvalue weighted by atomic mass is 16.4. The molecule has 0 aliphatic rings. The van der Waals surface area contributed by atoms with Crippen LogP contribution in [0.25, 0.3) is 11.1 Å². The zero-order valence-electron chi connectivity index (χ0n) is 13.0. The summed E-state index contributed by atoms with van der Waals surface area (Å²) in [6.45, 7) is 4.34. The van der Waals surface area contributed by atoms with Gasteiger partial charge in [-0.15, -0.1) is 0 Å². The Labute approximate surface area is 126 Å². The van der Waals surface area contributed by atoms with Crippen molar-refractivity contribution in [2.45, 2.75) is 52.4 Å². The maximum absolute atomic E-state index is 12.3. The predicted octanol–water partition coefficient (Wildman–Crippen LogP) is 4.99. The lowest BCUT2D eigenvalue weighted by atomic mass is 10.00. The molecule has 1 aromatic heterocycles. The van der Waals surface area contributed by atoms with Crippen LogP contribution in [-0.4, -0.2) is 0 Å². The quantitative estimate of drug-likeness (QED) is 0.716. The standard InChI is InChI=1S/C19H24O2/c1-3-5-10-16-14-17(15-11-8-7-9-12-15)19(20)21-18(16)13-6-4-2/h7-9,11-12,14H,3-6,10,13H2,1-2H3. The maximum atomic E-state index is 12.3. The third-order valence-corrected chi connectivity index (χ3v) is 3.75. The number of hydrogen-bond acceptors (Lipinski definition) is 2. The van der Waals surface area contributed by atoms with Crippen molar-refractivity contribution in [2.75, 3.05) is 0 Å². The Morgan fingerprint density at radius 3 is 2.29 bits per heavy atom. The molecule has 1 heterocycles. The van der Waals surface area contributed by atoms with Crippen molar-refractivity contribution >= 4 is 0 Å². The van der Waals surface area contributed by atoms with Gasteiger partial charge in [0.2, 0.25) is 0 Å². The van der Waals surface area contributed by atoms with E-state index in [1.807, 2.05) is 36.4 Å². The van der Waals surface area contributed by atoms with E-state index in [2.05, 4.69) is 13.8 Å². The molecule has 2 nitrogen and oxygen atoms in total. The first-order chi connectivity index (χ1) is 10.3. The molecule has 2 heteroatoms. The van der Waals surface area contributed by atoms with Crippen LogP contribution >= 0.6 is 0 Å². The van der Waals surface area contributed by atoms with Gasteiger partial charge in [-0.1, -0.05) is 57.0 Å². The first kappa shape index (κ1) is 15.6. The lowest BCUT2D eigenvalue weighted by Crippen LogP contribution is -2.08. The second kappa shape index (κ2) is 7.82. The highest BCUT2D eigenvalue weighted by Crippen LogP contribution is 2.21. The topological polar surface area (TPSA) is 30.2 Å². The van der Waals surface area contributed by atoms with E-state index in [1.165, 1.54) is 5.56 Å². The Morgan fingerprint density at radius 1 is 0.952 bits per heavy atom. The zero-order chi connectivity index (χ0) is 15.1. The number of rotatable bonds is 7. The first-order valence-corrected chi connectivity index (χ1v) is 7.97. The number of unbranched alkanes of at least 4 members (excludes halogenated alkanes) is 2. The summed E-state index contributed by atoms with van der Waals surface area (Å²) in [5.41, 5.74) is 2.60. The summed E-state index contributed by atoms with van der Waals surface area (Å²) in [5.74, 6) is 0.884. The minimum atomic E-state index is -0.215. The normalized spacial score (nSPS) is 10.8. The van der Waals surface area contributed by atoms with Gasteiger partial charge in [-0.05, 0) is 36.5 Å². The molecule has 1 aromatic carbocycles. The summed E-state index contributed by atoms with van der Waals surface area (Å²) in [4.78, 5) is 12.3. The molecule has 0 fully saturated rings. The van der Waals surface area contributed by atoms with E-state index >= 15 is 0 Å². The van der Waals surface area contributed by atoms with Gasteiger partial charge in [0.1, 0.15) is 5.76 Å². The van der Waals surface area contributed by atoms with E-state index in [1.54, 1.807) is 0 Å². The van der Waals surface area contributed by atoms with Gasteiger partial charge < -0.3 is 4.42 Å². The van der Waals surface area contributed by atoms with Crippen molar-refractivity contribution in [3.05, 3.63) is 58.1 Å². The molecule has 0 radical (unpaired) electrons. The summed E-state index contributed by atoms with van der Waals surface area (Å²) in [5, 5.41) is 0. The van der Waals surface area contributed by atoms with Gasteiger partial charge in [-0.2, -0.15) is 0 Å². The second-order valence-electron chi connectivity index (χ2n) is 5.47. The van der Waals surface area contributed by atoms with Crippen LogP contribution in [-0.2, 0) is 12.8 Å². The van der Waals surface area contributed by atoms with Crippen molar-refractivity contribution in [1.29, 1.82) is 0 Å². The van der Waals surface area contributed by atoms with Crippen molar-refractivity contribution in [3.63, 3.8) is 0 Å². The Kier molecular flexibility index (Phi) is 5.79. The van der Waals surface area contributed by atoms with E-state index < -0.39 is 0 Å². The van der Waals surface area contributed by atoms with Gasteiger partial charge in [-0.3, -0.25) is 0 Å². The maximum Gasteiger partial charge on any atom is 0.343 e. The molecule has 2 rings (SSSR count). The molecule has 0 amide bonds. The fraction of sp³-hybridized carbons (Fsp3) is 0.421. The summed E-state index contributed by atoms with van der Waals surface area (Å²) in [6.07, 6.45) is 6.29. The van der Waals surface area contributed by atoms with Crippen LogP contribution in [0.15, 0.2) is 45.6 Å². The summed E-state index contributed by atoms with van der Waals surface area (Å²) in [7, 11) is 0. The molecule has 0 saturated carbocycles. The predicted molar refractivity (Wildman–Crippen MR) is 87.6 cm³/mol. The fourth-order valence-corrected chi connectivity index (χ4v) is 2.49. The third kappa shape index (κ3) is 4.07. The molecule has 0 atom stereocenters. The minimum absolute atomic E-state index is 0.215. The SMILES string of the molecule is CCCCc1cc(-c2ccccc2)c(=O)oc1CCCC. The van der Waals surface area contributed by atoms with Crippen LogP contribution < -0.4 is 5.63 Å². The van der Waals surface area contributed by atoms with Gasteiger partial charge >= 0.3 is 5.63 Å². The summed E-state index contributed by atoms with van der Waals surface area (Å²) in [6, 6.07) is 11.8. The molecule has 0 saturated heterocycles. The van der Waals surface area contributed by atoms with Crippen molar-refractivity contribution in [1.82, 2.24) is 0 Å². The highest BCUT2D eigenvalue weighted by Gasteiger charge is 2.12. The van der Waals surface area contributed by atoms with E-state index in [-0.39, 0.29) is 5.63 Å². The molecule has 0 bridgehead atoms. The summed E-state index contributed by atoms with van der Waals surface area (Å²) < 4.78 is 5.64. The molecular formula is C19H24O2. The van der Waals surface area contributed by atoms with Gasteiger partial charge in [-0.25, -0.2) is 4.79 Å². The van der Waals surface area contributed by atoms with Crippen LogP contribution in [0, 0.1) is 0 Å². The van der Waals surface area contributed by atoms with Crippen LogP contribution in [0.1, 0.15) is 50.9 Å². The van der Waals surface area contributed by atoms with E-state index in [0.29, 0.717) is 5.56 Å². The molecule has 0 spiro atoms. The lowest BCUT2D eigenvalue weighted by molar-refractivity contribution is 0.446. The highest BCUT2D eigenvalue weighted by molar-refractivity contribution is 5.62. The molecule has 0 aliphatic carbocycles. The van der Waals surface area contributed by atoms with Crippen molar-refractivity contribution in [2.24, 2.45) is 0 Å². The van der Waals surface area contributed by atoms with Crippen molar-refractivity contribution in [3.8, 4) is 11.1 Å². The second-order valence-corrected chi connectivity index (χ2v) is 5.47. The third-order valence-electron chi connectivity index (χ3n) is 3.75. The van der Waals surface area contributed by atoms with E-state index in [9.17, 15) is 4.79 Å².